The van der Waals surface area contributed by atoms with Crippen LogP contribution in [0.3, 0.4) is 0 Å². The fraction of sp³-hybridized carbons (Fsp3) is 0.292. The number of carbonyl (C=O) groups is 2. The molecule has 0 radical (unpaired) electrons. The van der Waals surface area contributed by atoms with Gasteiger partial charge >= 0.3 is 17.3 Å². The molecule has 3 aromatic rings. The number of hydrogen-bond donors (Lipinski definition) is 1. The smallest absolute Gasteiger partial charge is 0.354 e. The van der Waals surface area contributed by atoms with Crippen LogP contribution in [0.15, 0.2) is 58.1 Å². The van der Waals surface area contributed by atoms with E-state index in [-0.39, 0.29) is 37.8 Å². The first kappa shape index (κ1) is 23.6. The molecule has 0 saturated carbocycles. The SMILES string of the molecule is COC(=O)CCn1c(=O)nc(NCC(=O)c2ccc(C)cc2)n(Cc2ccc(C)cc2)c1=O. The molecule has 0 aliphatic rings. The highest BCUT2D eigenvalue weighted by atomic mass is 16.5. The van der Waals surface area contributed by atoms with Gasteiger partial charge in [0.15, 0.2) is 5.78 Å². The quantitative estimate of drug-likeness (QED) is 0.392. The Morgan fingerprint density at radius 1 is 0.939 bits per heavy atom. The van der Waals surface area contributed by atoms with Crippen LogP contribution in [0.1, 0.15) is 33.5 Å². The molecule has 33 heavy (non-hydrogen) atoms. The largest absolute Gasteiger partial charge is 0.469 e. The summed E-state index contributed by atoms with van der Waals surface area (Å²) < 4.78 is 6.76. The van der Waals surface area contributed by atoms with E-state index in [1.165, 1.54) is 11.7 Å². The first-order valence-corrected chi connectivity index (χ1v) is 10.5. The molecule has 0 aliphatic carbocycles. The Morgan fingerprint density at radius 2 is 1.55 bits per heavy atom. The number of methoxy groups -OCH3 is 1. The first-order chi connectivity index (χ1) is 15.8. The molecule has 0 spiro atoms. The summed E-state index contributed by atoms with van der Waals surface area (Å²) in [6, 6.07) is 14.7. The van der Waals surface area contributed by atoms with Gasteiger partial charge in [-0.1, -0.05) is 59.7 Å². The summed E-state index contributed by atoms with van der Waals surface area (Å²) in [4.78, 5) is 53.7. The van der Waals surface area contributed by atoms with Crippen LogP contribution in [-0.2, 0) is 22.6 Å². The summed E-state index contributed by atoms with van der Waals surface area (Å²) in [5, 5.41) is 2.84. The lowest BCUT2D eigenvalue weighted by atomic mass is 10.1. The topological polar surface area (TPSA) is 112 Å². The van der Waals surface area contributed by atoms with E-state index in [0.29, 0.717) is 5.56 Å². The number of anilines is 1. The molecule has 3 rings (SSSR count). The summed E-state index contributed by atoms with van der Waals surface area (Å²) in [6.07, 6.45) is -0.142. The minimum Gasteiger partial charge on any atom is -0.469 e. The second-order valence-electron chi connectivity index (χ2n) is 7.69. The van der Waals surface area contributed by atoms with Crippen molar-refractivity contribution >= 4 is 17.7 Å². The normalized spacial score (nSPS) is 10.6. The van der Waals surface area contributed by atoms with Crippen LogP contribution in [0.25, 0.3) is 0 Å². The van der Waals surface area contributed by atoms with Gasteiger partial charge in [0.25, 0.3) is 0 Å². The first-order valence-electron chi connectivity index (χ1n) is 10.5. The van der Waals surface area contributed by atoms with Gasteiger partial charge in [0.05, 0.1) is 26.6 Å². The molecule has 1 N–H and O–H groups in total. The summed E-state index contributed by atoms with van der Waals surface area (Å²) in [5.74, 6) is -0.765. The van der Waals surface area contributed by atoms with Crippen molar-refractivity contribution in [2.45, 2.75) is 33.4 Å². The lowest BCUT2D eigenvalue weighted by molar-refractivity contribution is -0.140. The number of aromatic nitrogens is 3. The summed E-state index contributed by atoms with van der Waals surface area (Å²) in [7, 11) is 1.23. The number of Topliss-reactive ketones (excluding diaryl/α,β-unsaturated/α-hetero) is 1. The third-order valence-electron chi connectivity index (χ3n) is 5.16. The number of rotatable bonds is 9. The van der Waals surface area contributed by atoms with Gasteiger partial charge < -0.3 is 10.1 Å². The van der Waals surface area contributed by atoms with Crippen molar-refractivity contribution in [3.63, 3.8) is 0 Å². The molecule has 2 aromatic carbocycles. The van der Waals surface area contributed by atoms with Gasteiger partial charge in [-0.25, -0.2) is 14.2 Å². The summed E-state index contributed by atoms with van der Waals surface area (Å²) in [5.41, 5.74) is 1.97. The highest BCUT2D eigenvalue weighted by molar-refractivity contribution is 5.98. The number of nitrogens with zero attached hydrogens (tertiary/aromatic N) is 3. The number of ether oxygens (including phenoxy) is 1. The minimum absolute atomic E-state index is 0.0136. The average molecular weight is 450 g/mol. The van der Waals surface area contributed by atoms with Crippen LogP contribution in [0.5, 0.6) is 0 Å². The van der Waals surface area contributed by atoms with E-state index < -0.39 is 17.3 Å². The third kappa shape index (κ3) is 6.03. The van der Waals surface area contributed by atoms with Crippen LogP contribution < -0.4 is 16.7 Å². The van der Waals surface area contributed by atoms with E-state index in [4.69, 9.17) is 0 Å². The van der Waals surface area contributed by atoms with Crippen LogP contribution in [0.4, 0.5) is 5.95 Å². The second kappa shape index (κ2) is 10.5. The van der Waals surface area contributed by atoms with Gasteiger partial charge in [-0.3, -0.25) is 14.2 Å². The highest BCUT2D eigenvalue weighted by Gasteiger charge is 2.16. The predicted octanol–water partition coefficient (Wildman–Crippen LogP) is 1.93. The zero-order valence-electron chi connectivity index (χ0n) is 18.8. The number of ketones is 1. The van der Waals surface area contributed by atoms with Gasteiger partial charge in [-0.15, -0.1) is 0 Å². The van der Waals surface area contributed by atoms with Crippen molar-refractivity contribution in [3.05, 3.63) is 91.8 Å². The molecule has 1 aromatic heterocycles. The Morgan fingerprint density at radius 3 is 2.15 bits per heavy atom. The van der Waals surface area contributed by atoms with E-state index in [1.807, 2.05) is 50.2 Å². The van der Waals surface area contributed by atoms with Crippen molar-refractivity contribution < 1.29 is 14.3 Å². The molecular weight excluding hydrogens is 424 g/mol. The molecule has 0 unspecified atom stereocenters. The molecule has 0 bridgehead atoms. The Labute approximate surface area is 190 Å². The number of esters is 1. The number of benzene rings is 2. The van der Waals surface area contributed by atoms with E-state index in [9.17, 15) is 19.2 Å². The zero-order chi connectivity index (χ0) is 24.0. The van der Waals surface area contributed by atoms with Crippen molar-refractivity contribution in [1.82, 2.24) is 14.1 Å². The standard InChI is InChI=1S/C24H26N4O5/c1-16-4-8-18(9-5-16)15-28-22(25-14-20(29)19-10-6-17(2)7-11-19)26-23(31)27(24(28)32)13-12-21(30)33-3/h4-11H,12-15H2,1-3H3,(H,25,26,31). The number of aryl methyl sites for hydroxylation is 2. The van der Waals surface area contributed by atoms with E-state index in [1.54, 1.807) is 12.1 Å². The van der Waals surface area contributed by atoms with Crippen molar-refractivity contribution in [1.29, 1.82) is 0 Å². The molecule has 0 fully saturated rings. The number of nitrogens with one attached hydrogen (secondary N) is 1. The Kier molecular flexibility index (Phi) is 7.55. The summed E-state index contributed by atoms with van der Waals surface area (Å²) in [6.45, 7) is 3.71. The van der Waals surface area contributed by atoms with E-state index >= 15 is 0 Å². The average Bonchev–Trinajstić information content (AvgIpc) is 2.80. The third-order valence-corrected chi connectivity index (χ3v) is 5.16. The molecule has 1 heterocycles. The van der Waals surface area contributed by atoms with Crippen LogP contribution in [-0.4, -0.2) is 39.5 Å². The molecule has 172 valence electrons. The molecular formula is C24H26N4O5. The fourth-order valence-electron chi connectivity index (χ4n) is 3.18. The Hall–Kier alpha value is -4.01. The molecule has 0 amide bonds. The maximum absolute atomic E-state index is 13.1. The lowest BCUT2D eigenvalue weighted by Crippen LogP contribution is -2.43. The van der Waals surface area contributed by atoms with Crippen molar-refractivity contribution in [3.8, 4) is 0 Å². The van der Waals surface area contributed by atoms with Crippen molar-refractivity contribution in [2.24, 2.45) is 0 Å². The second-order valence-corrected chi connectivity index (χ2v) is 7.69. The van der Waals surface area contributed by atoms with Crippen LogP contribution >= 0.6 is 0 Å². The Bertz CT molecular complexity index is 1260. The monoisotopic (exact) mass is 450 g/mol. The highest BCUT2D eigenvalue weighted by Crippen LogP contribution is 2.09. The molecule has 0 atom stereocenters. The van der Waals surface area contributed by atoms with Gasteiger partial charge in [-0.05, 0) is 19.4 Å². The van der Waals surface area contributed by atoms with Crippen LogP contribution in [0, 0.1) is 13.8 Å². The fourth-order valence-corrected chi connectivity index (χ4v) is 3.18. The van der Waals surface area contributed by atoms with E-state index in [0.717, 1.165) is 21.3 Å². The van der Waals surface area contributed by atoms with Gasteiger partial charge in [0, 0.05) is 12.1 Å². The van der Waals surface area contributed by atoms with E-state index in [2.05, 4.69) is 15.0 Å². The van der Waals surface area contributed by atoms with Gasteiger partial charge in [-0.2, -0.15) is 4.98 Å². The predicted molar refractivity (Wildman–Crippen MR) is 124 cm³/mol. The van der Waals surface area contributed by atoms with Crippen molar-refractivity contribution in [2.75, 3.05) is 19.0 Å². The zero-order valence-corrected chi connectivity index (χ0v) is 18.8. The van der Waals surface area contributed by atoms with Gasteiger partial charge in [0.2, 0.25) is 5.95 Å². The molecule has 9 heteroatoms. The van der Waals surface area contributed by atoms with Crippen LogP contribution in [0.2, 0.25) is 0 Å². The molecule has 0 saturated heterocycles. The maximum atomic E-state index is 13.1. The minimum atomic E-state index is -0.811. The lowest BCUT2D eigenvalue weighted by Gasteiger charge is -2.15. The number of hydrogen-bond acceptors (Lipinski definition) is 7. The molecule has 9 nitrogen and oxygen atoms in total. The Balaban J connectivity index is 1.92. The molecule has 0 aliphatic heterocycles. The summed E-state index contributed by atoms with van der Waals surface area (Å²) >= 11 is 0. The van der Waals surface area contributed by atoms with Gasteiger partial charge in [0.1, 0.15) is 0 Å². The number of carbonyl (C=O) groups excluding carboxylic acids is 2. The maximum Gasteiger partial charge on any atom is 0.354 e.